The van der Waals surface area contributed by atoms with Gasteiger partial charge in [-0.25, -0.2) is 9.78 Å². The predicted molar refractivity (Wildman–Crippen MR) is 80.0 cm³/mol. The summed E-state index contributed by atoms with van der Waals surface area (Å²) in [5, 5.41) is 11.3. The highest BCUT2D eigenvalue weighted by molar-refractivity contribution is 6.05. The summed E-state index contributed by atoms with van der Waals surface area (Å²) in [7, 11) is 0. The lowest BCUT2D eigenvalue weighted by Crippen LogP contribution is -2.14. The molecule has 0 aliphatic carbocycles. The van der Waals surface area contributed by atoms with Crippen LogP contribution in [0.5, 0.6) is 0 Å². The Bertz CT molecular complexity index is 694. The van der Waals surface area contributed by atoms with E-state index in [4.69, 9.17) is 5.11 Å². The molecule has 5 nitrogen and oxygen atoms in total. The van der Waals surface area contributed by atoms with Crippen molar-refractivity contribution in [2.24, 2.45) is 0 Å². The van der Waals surface area contributed by atoms with Crippen molar-refractivity contribution in [3.8, 4) is 0 Å². The van der Waals surface area contributed by atoms with E-state index in [1.54, 1.807) is 49.5 Å². The molecule has 1 amide bonds. The van der Waals surface area contributed by atoms with E-state index < -0.39 is 5.97 Å². The highest BCUT2D eigenvalue weighted by Crippen LogP contribution is 2.14. The topological polar surface area (TPSA) is 79.3 Å². The molecule has 2 rings (SSSR count). The van der Waals surface area contributed by atoms with Gasteiger partial charge in [0.15, 0.2) is 0 Å². The van der Waals surface area contributed by atoms with Gasteiger partial charge in [0.25, 0.3) is 5.91 Å². The zero-order valence-electron chi connectivity index (χ0n) is 11.4. The number of pyridine rings is 1. The lowest BCUT2D eigenvalue weighted by atomic mass is 10.0. The van der Waals surface area contributed by atoms with E-state index in [0.717, 1.165) is 17.2 Å². The third kappa shape index (κ3) is 4.01. The Morgan fingerprint density at radius 2 is 2.05 bits per heavy atom. The minimum Gasteiger partial charge on any atom is -0.478 e. The van der Waals surface area contributed by atoms with E-state index in [2.05, 4.69) is 10.3 Å². The monoisotopic (exact) mass is 282 g/mol. The number of carboxylic acids is 1. The molecule has 0 aliphatic heterocycles. The number of aromatic nitrogens is 1. The Morgan fingerprint density at radius 3 is 2.67 bits per heavy atom. The molecule has 0 saturated heterocycles. The summed E-state index contributed by atoms with van der Waals surface area (Å²) >= 11 is 0. The molecule has 5 heteroatoms. The van der Waals surface area contributed by atoms with Gasteiger partial charge in [-0.1, -0.05) is 18.2 Å². The second kappa shape index (κ2) is 6.47. The first-order chi connectivity index (χ1) is 10.1. The van der Waals surface area contributed by atoms with Crippen molar-refractivity contribution < 1.29 is 14.7 Å². The summed E-state index contributed by atoms with van der Waals surface area (Å²) in [4.78, 5) is 26.7. The van der Waals surface area contributed by atoms with Crippen molar-refractivity contribution in [1.82, 2.24) is 4.98 Å². The van der Waals surface area contributed by atoms with E-state index in [0.29, 0.717) is 11.4 Å². The number of amides is 1. The first-order valence-corrected chi connectivity index (χ1v) is 6.30. The molecule has 0 unspecified atom stereocenters. The number of carboxylic acid groups (broad SMARTS) is 1. The molecule has 0 aliphatic rings. The van der Waals surface area contributed by atoms with Crippen molar-refractivity contribution in [3.63, 3.8) is 0 Å². The predicted octanol–water partition coefficient (Wildman–Crippen LogP) is 2.74. The van der Waals surface area contributed by atoms with Gasteiger partial charge in [0.2, 0.25) is 0 Å². The van der Waals surface area contributed by atoms with Gasteiger partial charge >= 0.3 is 5.97 Å². The van der Waals surface area contributed by atoms with Gasteiger partial charge in [-0.3, -0.25) is 4.79 Å². The highest BCUT2D eigenvalue weighted by Gasteiger charge is 2.09. The standard InChI is InChI=1S/C16H14N2O3/c1-11-10-12(6-8-15(19)20)5-7-13(11)16(21)18-14-4-2-3-9-17-14/h2-10H,1H3,(H,19,20)(H,17,18,21)/b8-6+. The van der Waals surface area contributed by atoms with Crippen molar-refractivity contribution >= 4 is 23.8 Å². The average molecular weight is 282 g/mol. The van der Waals surface area contributed by atoms with Crippen LogP contribution in [-0.4, -0.2) is 22.0 Å². The molecule has 2 N–H and O–H groups in total. The molecule has 0 radical (unpaired) electrons. The van der Waals surface area contributed by atoms with Gasteiger partial charge in [0.05, 0.1) is 0 Å². The van der Waals surface area contributed by atoms with E-state index in [1.807, 2.05) is 0 Å². The Labute approximate surface area is 122 Å². The Morgan fingerprint density at radius 1 is 1.24 bits per heavy atom. The number of anilines is 1. The molecule has 1 aromatic carbocycles. The number of benzene rings is 1. The van der Waals surface area contributed by atoms with Crippen LogP contribution in [0.25, 0.3) is 6.08 Å². The Balaban J connectivity index is 2.17. The molecule has 0 fully saturated rings. The molecular formula is C16H14N2O3. The fourth-order valence-corrected chi connectivity index (χ4v) is 1.83. The maximum absolute atomic E-state index is 12.1. The highest BCUT2D eigenvalue weighted by atomic mass is 16.4. The van der Waals surface area contributed by atoms with Crippen molar-refractivity contribution in [2.45, 2.75) is 6.92 Å². The summed E-state index contributed by atoms with van der Waals surface area (Å²) in [6.45, 7) is 1.80. The summed E-state index contributed by atoms with van der Waals surface area (Å²) in [6.07, 6.45) is 4.14. The van der Waals surface area contributed by atoms with Gasteiger partial charge in [-0.15, -0.1) is 0 Å². The van der Waals surface area contributed by atoms with Gasteiger partial charge in [-0.2, -0.15) is 0 Å². The zero-order valence-corrected chi connectivity index (χ0v) is 11.4. The molecular weight excluding hydrogens is 268 g/mol. The number of aliphatic carboxylic acids is 1. The van der Waals surface area contributed by atoms with Crippen LogP contribution in [0.15, 0.2) is 48.7 Å². The first kappa shape index (κ1) is 14.5. The van der Waals surface area contributed by atoms with Gasteiger partial charge in [0, 0.05) is 17.8 Å². The first-order valence-electron chi connectivity index (χ1n) is 6.30. The Kier molecular flexibility index (Phi) is 4.46. The van der Waals surface area contributed by atoms with Crippen molar-refractivity contribution in [1.29, 1.82) is 0 Å². The van der Waals surface area contributed by atoms with Gasteiger partial charge < -0.3 is 10.4 Å². The average Bonchev–Trinajstić information content (AvgIpc) is 2.46. The number of rotatable bonds is 4. The van der Waals surface area contributed by atoms with Crippen LogP contribution in [0.2, 0.25) is 0 Å². The minimum atomic E-state index is -1.01. The van der Waals surface area contributed by atoms with E-state index in [-0.39, 0.29) is 5.91 Å². The summed E-state index contributed by atoms with van der Waals surface area (Å²) in [6, 6.07) is 10.4. The van der Waals surface area contributed by atoms with Crippen molar-refractivity contribution in [3.05, 3.63) is 65.4 Å². The van der Waals surface area contributed by atoms with Crippen LogP contribution >= 0.6 is 0 Å². The SMILES string of the molecule is Cc1cc(/C=C/C(=O)O)ccc1C(=O)Nc1ccccn1. The maximum atomic E-state index is 12.1. The fraction of sp³-hybridized carbons (Fsp3) is 0.0625. The summed E-state index contributed by atoms with van der Waals surface area (Å²) in [5.74, 6) is -0.777. The largest absolute Gasteiger partial charge is 0.478 e. The normalized spacial score (nSPS) is 10.5. The number of carbonyl (C=O) groups is 2. The third-order valence-electron chi connectivity index (χ3n) is 2.82. The van der Waals surface area contributed by atoms with Gasteiger partial charge in [0.1, 0.15) is 5.82 Å². The molecule has 0 spiro atoms. The number of nitrogens with one attached hydrogen (secondary N) is 1. The van der Waals surface area contributed by atoms with Crippen LogP contribution in [0.3, 0.4) is 0 Å². The number of aryl methyl sites for hydroxylation is 1. The van der Waals surface area contributed by atoms with Crippen LogP contribution in [0.4, 0.5) is 5.82 Å². The maximum Gasteiger partial charge on any atom is 0.328 e. The second-order valence-corrected chi connectivity index (χ2v) is 4.42. The van der Waals surface area contributed by atoms with E-state index >= 15 is 0 Å². The van der Waals surface area contributed by atoms with E-state index in [1.165, 1.54) is 6.08 Å². The number of nitrogens with zero attached hydrogens (tertiary/aromatic N) is 1. The number of hydrogen-bond donors (Lipinski definition) is 2. The van der Waals surface area contributed by atoms with Crippen LogP contribution in [-0.2, 0) is 4.79 Å². The minimum absolute atomic E-state index is 0.250. The number of hydrogen-bond acceptors (Lipinski definition) is 3. The lowest BCUT2D eigenvalue weighted by Gasteiger charge is -2.07. The molecule has 0 bridgehead atoms. The zero-order chi connectivity index (χ0) is 15.2. The lowest BCUT2D eigenvalue weighted by molar-refractivity contribution is -0.131. The molecule has 21 heavy (non-hydrogen) atoms. The van der Waals surface area contributed by atoms with Gasteiger partial charge in [-0.05, 0) is 42.3 Å². The van der Waals surface area contributed by atoms with Crippen LogP contribution in [0, 0.1) is 6.92 Å². The van der Waals surface area contributed by atoms with Crippen molar-refractivity contribution in [2.75, 3.05) is 5.32 Å². The van der Waals surface area contributed by atoms with E-state index in [9.17, 15) is 9.59 Å². The summed E-state index contributed by atoms with van der Waals surface area (Å²) in [5.41, 5.74) is 2.01. The Hall–Kier alpha value is -2.95. The third-order valence-corrected chi connectivity index (χ3v) is 2.82. The van der Waals surface area contributed by atoms with Crippen LogP contribution < -0.4 is 5.32 Å². The fourth-order valence-electron chi connectivity index (χ4n) is 1.83. The summed E-state index contributed by atoms with van der Waals surface area (Å²) < 4.78 is 0. The molecule has 2 aromatic rings. The quantitative estimate of drug-likeness (QED) is 0.845. The second-order valence-electron chi connectivity index (χ2n) is 4.42. The smallest absolute Gasteiger partial charge is 0.328 e. The molecule has 0 atom stereocenters. The molecule has 1 heterocycles. The number of carbonyl (C=O) groups excluding carboxylic acids is 1. The molecule has 0 saturated carbocycles. The van der Waals surface area contributed by atoms with Crippen LogP contribution in [0.1, 0.15) is 21.5 Å². The molecule has 106 valence electrons. The molecule has 1 aromatic heterocycles.